The van der Waals surface area contributed by atoms with Crippen LogP contribution in [0.5, 0.6) is 0 Å². The van der Waals surface area contributed by atoms with E-state index in [2.05, 4.69) is 25.9 Å². The molecule has 1 aliphatic heterocycles. The predicted octanol–water partition coefficient (Wildman–Crippen LogP) is 2.87. The SMILES string of the molecule is CCNc1cc(-c2c(-c3nncn3C)cnn2C)cc(N2Cc3ccc(CNCC4(O)CCC4)cc3C2=O)n1. The van der Waals surface area contributed by atoms with Gasteiger partial charge in [0, 0.05) is 44.9 Å². The molecule has 0 unspecified atom stereocenters. The van der Waals surface area contributed by atoms with E-state index in [0.717, 1.165) is 47.2 Å². The van der Waals surface area contributed by atoms with Gasteiger partial charge in [0.25, 0.3) is 5.91 Å². The first-order chi connectivity index (χ1) is 18.8. The molecule has 0 saturated heterocycles. The minimum atomic E-state index is -0.579. The molecule has 1 aliphatic carbocycles. The van der Waals surface area contributed by atoms with Gasteiger partial charge in [-0.2, -0.15) is 5.10 Å². The number of aromatic nitrogens is 6. The van der Waals surface area contributed by atoms with E-state index in [1.165, 1.54) is 0 Å². The van der Waals surface area contributed by atoms with E-state index in [9.17, 15) is 9.90 Å². The maximum Gasteiger partial charge on any atom is 0.260 e. The molecule has 6 rings (SSSR count). The molecular formula is C28H33N9O2. The third kappa shape index (κ3) is 4.68. The van der Waals surface area contributed by atoms with Crippen LogP contribution >= 0.6 is 0 Å². The van der Waals surface area contributed by atoms with Crippen LogP contribution in [0.15, 0.2) is 42.9 Å². The number of hydrogen-bond donors (Lipinski definition) is 3. The fourth-order valence-electron chi connectivity index (χ4n) is 5.38. The first-order valence-corrected chi connectivity index (χ1v) is 13.3. The Labute approximate surface area is 226 Å². The molecule has 1 aromatic carbocycles. The summed E-state index contributed by atoms with van der Waals surface area (Å²) in [5.74, 6) is 1.88. The Bertz CT molecular complexity index is 1540. The van der Waals surface area contributed by atoms with E-state index in [1.54, 1.807) is 22.1 Å². The van der Waals surface area contributed by atoms with Gasteiger partial charge in [-0.1, -0.05) is 12.1 Å². The predicted molar refractivity (Wildman–Crippen MR) is 148 cm³/mol. The lowest BCUT2D eigenvalue weighted by Gasteiger charge is -2.36. The number of carbonyl (C=O) groups excluding carboxylic acids is 1. The molecule has 0 atom stereocenters. The number of anilines is 2. The molecule has 4 aromatic rings. The summed E-state index contributed by atoms with van der Waals surface area (Å²) in [5, 5.41) is 29.8. The summed E-state index contributed by atoms with van der Waals surface area (Å²) in [4.78, 5) is 20.2. The number of hydrogen-bond acceptors (Lipinski definition) is 8. The zero-order chi connectivity index (χ0) is 27.1. The summed E-state index contributed by atoms with van der Waals surface area (Å²) in [6, 6.07) is 9.92. The Balaban J connectivity index is 1.30. The molecule has 3 N–H and O–H groups in total. The van der Waals surface area contributed by atoms with Crippen molar-refractivity contribution < 1.29 is 9.90 Å². The smallest absolute Gasteiger partial charge is 0.260 e. The molecular weight excluding hydrogens is 494 g/mol. The van der Waals surface area contributed by atoms with Crippen molar-refractivity contribution >= 4 is 17.5 Å². The molecule has 39 heavy (non-hydrogen) atoms. The Kier molecular flexibility index (Phi) is 6.40. The van der Waals surface area contributed by atoms with Crippen molar-refractivity contribution in [3.8, 4) is 22.6 Å². The number of benzene rings is 1. The fourth-order valence-corrected chi connectivity index (χ4v) is 5.38. The van der Waals surface area contributed by atoms with Gasteiger partial charge in [-0.05, 0) is 55.5 Å². The highest BCUT2D eigenvalue weighted by Gasteiger charge is 2.34. The van der Waals surface area contributed by atoms with Crippen molar-refractivity contribution in [1.82, 2.24) is 34.8 Å². The number of amides is 1. The van der Waals surface area contributed by atoms with Crippen molar-refractivity contribution in [2.24, 2.45) is 14.1 Å². The molecule has 11 nitrogen and oxygen atoms in total. The highest BCUT2D eigenvalue weighted by molar-refractivity contribution is 6.10. The van der Waals surface area contributed by atoms with Crippen LogP contribution in [0.4, 0.5) is 11.6 Å². The number of pyridine rings is 1. The monoisotopic (exact) mass is 527 g/mol. The van der Waals surface area contributed by atoms with Crippen LogP contribution in [0.2, 0.25) is 0 Å². The van der Waals surface area contributed by atoms with Crippen molar-refractivity contribution in [1.29, 1.82) is 0 Å². The zero-order valence-corrected chi connectivity index (χ0v) is 22.5. The van der Waals surface area contributed by atoms with Gasteiger partial charge in [0.2, 0.25) is 0 Å². The van der Waals surface area contributed by atoms with Gasteiger partial charge in [0.1, 0.15) is 18.0 Å². The van der Waals surface area contributed by atoms with Crippen molar-refractivity contribution in [3.63, 3.8) is 0 Å². The Morgan fingerprint density at radius 3 is 2.69 bits per heavy atom. The molecule has 3 aromatic heterocycles. The van der Waals surface area contributed by atoms with Crippen LogP contribution in [0.1, 0.15) is 47.7 Å². The summed E-state index contributed by atoms with van der Waals surface area (Å²) in [7, 11) is 3.78. The number of nitrogens with one attached hydrogen (secondary N) is 2. The van der Waals surface area contributed by atoms with E-state index in [4.69, 9.17) is 4.98 Å². The van der Waals surface area contributed by atoms with Gasteiger partial charge >= 0.3 is 0 Å². The van der Waals surface area contributed by atoms with Gasteiger partial charge in [0.05, 0.1) is 29.6 Å². The highest BCUT2D eigenvalue weighted by Crippen LogP contribution is 2.36. The summed E-state index contributed by atoms with van der Waals surface area (Å²) >= 11 is 0. The summed E-state index contributed by atoms with van der Waals surface area (Å²) in [5.41, 5.74) is 4.68. The average molecular weight is 528 g/mol. The second-order valence-electron chi connectivity index (χ2n) is 10.5. The number of nitrogens with zero attached hydrogens (tertiary/aromatic N) is 7. The van der Waals surface area contributed by atoms with Crippen molar-refractivity contribution in [3.05, 3.63) is 59.5 Å². The summed E-state index contributed by atoms with van der Waals surface area (Å²) in [6.45, 7) is 4.33. The Morgan fingerprint density at radius 1 is 1.13 bits per heavy atom. The topological polar surface area (TPSA) is 126 Å². The Hall–Kier alpha value is -4.09. The van der Waals surface area contributed by atoms with E-state index in [0.29, 0.717) is 49.2 Å². The molecule has 1 fully saturated rings. The fraction of sp³-hybridized carbons (Fsp3) is 0.393. The lowest BCUT2D eigenvalue weighted by atomic mass is 9.80. The second kappa shape index (κ2) is 9.90. The molecule has 4 heterocycles. The number of fused-ring (bicyclic) bond motifs is 1. The van der Waals surface area contributed by atoms with E-state index < -0.39 is 5.60 Å². The van der Waals surface area contributed by atoms with Crippen LogP contribution in [0.3, 0.4) is 0 Å². The highest BCUT2D eigenvalue weighted by atomic mass is 16.3. The standard InChI is InChI=1S/C28H33N9O2/c1-4-30-23-11-20(25-22(14-32-36(25)3)26-34-31-17-35(26)2)12-24(33-23)37-15-19-7-6-18(10-21(19)27(37)38)13-29-16-28(39)8-5-9-28/h6-7,10-12,14,17,29,39H,4-5,8-9,13,15-16H2,1-3H3,(H,30,33). The zero-order valence-electron chi connectivity index (χ0n) is 22.5. The number of aliphatic hydroxyl groups is 1. The quantitative estimate of drug-likeness (QED) is 0.303. The van der Waals surface area contributed by atoms with Crippen LogP contribution in [0.25, 0.3) is 22.6 Å². The van der Waals surface area contributed by atoms with E-state index in [1.807, 2.05) is 55.9 Å². The van der Waals surface area contributed by atoms with Gasteiger partial charge in [0.15, 0.2) is 5.82 Å². The third-order valence-electron chi connectivity index (χ3n) is 7.66. The molecule has 202 valence electrons. The van der Waals surface area contributed by atoms with Crippen molar-refractivity contribution in [2.75, 3.05) is 23.3 Å². The minimum Gasteiger partial charge on any atom is -0.389 e. The van der Waals surface area contributed by atoms with Crippen molar-refractivity contribution in [2.45, 2.75) is 44.9 Å². The minimum absolute atomic E-state index is 0.0740. The average Bonchev–Trinajstić information content (AvgIpc) is 3.59. The van der Waals surface area contributed by atoms with E-state index in [-0.39, 0.29) is 5.91 Å². The lowest BCUT2D eigenvalue weighted by molar-refractivity contribution is -0.0314. The largest absolute Gasteiger partial charge is 0.389 e. The molecule has 11 heteroatoms. The van der Waals surface area contributed by atoms with Gasteiger partial charge in [-0.25, -0.2) is 4.98 Å². The number of aryl methyl sites for hydroxylation is 2. The van der Waals surface area contributed by atoms with Crippen LogP contribution in [-0.4, -0.2) is 59.2 Å². The summed E-state index contributed by atoms with van der Waals surface area (Å²) < 4.78 is 3.66. The summed E-state index contributed by atoms with van der Waals surface area (Å²) in [6.07, 6.45) is 6.21. The molecule has 0 bridgehead atoms. The molecule has 0 spiro atoms. The lowest BCUT2D eigenvalue weighted by Crippen LogP contribution is -2.45. The molecule has 2 aliphatic rings. The van der Waals surface area contributed by atoms with Crippen LogP contribution in [0, 0.1) is 0 Å². The first-order valence-electron chi connectivity index (χ1n) is 13.3. The Morgan fingerprint density at radius 2 is 1.97 bits per heavy atom. The van der Waals surface area contributed by atoms with Gasteiger partial charge in [-0.3, -0.25) is 14.4 Å². The third-order valence-corrected chi connectivity index (χ3v) is 7.66. The van der Waals surface area contributed by atoms with Crippen LogP contribution in [-0.2, 0) is 27.2 Å². The van der Waals surface area contributed by atoms with Gasteiger partial charge in [-0.15, -0.1) is 10.2 Å². The van der Waals surface area contributed by atoms with Gasteiger partial charge < -0.3 is 20.3 Å². The normalized spacial score (nSPS) is 15.9. The van der Waals surface area contributed by atoms with Crippen LogP contribution < -0.4 is 15.5 Å². The van der Waals surface area contributed by atoms with E-state index >= 15 is 0 Å². The molecule has 1 saturated carbocycles. The second-order valence-corrected chi connectivity index (χ2v) is 10.5. The number of rotatable bonds is 9. The maximum absolute atomic E-state index is 13.6. The maximum atomic E-state index is 13.6. The first kappa shape index (κ1) is 25.2. The molecule has 1 amide bonds. The molecule has 0 radical (unpaired) electrons. The number of carbonyl (C=O) groups is 1.